The second kappa shape index (κ2) is 10.4. The van der Waals surface area contributed by atoms with Crippen LogP contribution in [-0.2, 0) is 12.8 Å². The molecule has 0 fully saturated rings. The van der Waals surface area contributed by atoms with E-state index in [0.29, 0.717) is 13.2 Å². The van der Waals surface area contributed by atoms with Crippen LogP contribution in [0.1, 0.15) is 11.1 Å². The Bertz CT molecular complexity index is 970. The molecule has 1 aliphatic rings. The van der Waals surface area contributed by atoms with Crippen LogP contribution in [0.2, 0.25) is 0 Å². The molecule has 4 rings (SSSR count). The van der Waals surface area contributed by atoms with Crippen molar-refractivity contribution in [2.45, 2.75) is 12.8 Å². The maximum atomic E-state index is 5.65. The van der Waals surface area contributed by atoms with E-state index in [1.165, 1.54) is 22.0 Å². The minimum atomic E-state index is 0. The van der Waals surface area contributed by atoms with Crippen LogP contribution in [0.4, 0.5) is 0 Å². The third-order valence-electron chi connectivity index (χ3n) is 4.90. The van der Waals surface area contributed by atoms with Crippen LogP contribution >= 0.6 is 24.0 Å². The Hall–Kier alpha value is -2.42. The molecule has 154 valence electrons. The van der Waals surface area contributed by atoms with Crippen LogP contribution in [0.3, 0.4) is 0 Å². The molecule has 2 aromatic carbocycles. The van der Waals surface area contributed by atoms with Gasteiger partial charge in [-0.25, -0.2) is 0 Å². The molecule has 0 unspecified atom stereocenters. The third kappa shape index (κ3) is 5.35. The van der Waals surface area contributed by atoms with Gasteiger partial charge in [-0.1, -0.05) is 24.3 Å². The summed E-state index contributed by atoms with van der Waals surface area (Å²) in [5.41, 5.74) is 3.71. The maximum absolute atomic E-state index is 5.65. The number of aromatic nitrogens is 1. The van der Waals surface area contributed by atoms with Gasteiger partial charge < -0.3 is 25.1 Å². The van der Waals surface area contributed by atoms with Gasteiger partial charge in [0.15, 0.2) is 17.5 Å². The highest BCUT2D eigenvalue weighted by Gasteiger charge is 2.11. The number of aliphatic imine (C=N–C) groups is 1. The van der Waals surface area contributed by atoms with Gasteiger partial charge in [-0.3, -0.25) is 4.99 Å². The van der Waals surface area contributed by atoms with Gasteiger partial charge in [-0.05, 0) is 42.2 Å². The first-order chi connectivity index (χ1) is 13.8. The fourth-order valence-corrected chi connectivity index (χ4v) is 3.44. The van der Waals surface area contributed by atoms with Crippen molar-refractivity contribution < 1.29 is 9.47 Å². The fraction of sp³-hybridized carbons (Fsp3) is 0.318. The first kappa shape index (κ1) is 21.3. The molecule has 0 radical (unpaired) electrons. The summed E-state index contributed by atoms with van der Waals surface area (Å²) in [5.74, 6) is 2.49. The van der Waals surface area contributed by atoms with Gasteiger partial charge >= 0.3 is 0 Å². The summed E-state index contributed by atoms with van der Waals surface area (Å²) in [7, 11) is 1.80. The molecule has 1 aliphatic heterocycles. The molecule has 0 amide bonds. The van der Waals surface area contributed by atoms with E-state index >= 15 is 0 Å². The molecule has 2 heterocycles. The average Bonchev–Trinajstić information content (AvgIpc) is 3.16. The van der Waals surface area contributed by atoms with Crippen LogP contribution < -0.4 is 20.1 Å². The average molecular weight is 506 g/mol. The Kier molecular flexibility index (Phi) is 7.62. The Morgan fingerprint density at radius 3 is 2.59 bits per heavy atom. The Morgan fingerprint density at radius 1 is 1.00 bits per heavy atom. The van der Waals surface area contributed by atoms with E-state index in [1.807, 2.05) is 12.1 Å². The Morgan fingerprint density at radius 2 is 1.76 bits per heavy atom. The molecule has 0 saturated heterocycles. The van der Waals surface area contributed by atoms with Crippen LogP contribution in [-0.4, -0.2) is 44.3 Å². The highest BCUT2D eigenvalue weighted by atomic mass is 127. The van der Waals surface area contributed by atoms with E-state index in [9.17, 15) is 0 Å². The van der Waals surface area contributed by atoms with E-state index in [2.05, 4.69) is 57.1 Å². The van der Waals surface area contributed by atoms with Crippen molar-refractivity contribution in [2.24, 2.45) is 4.99 Å². The number of benzene rings is 2. The summed E-state index contributed by atoms with van der Waals surface area (Å²) in [6, 6.07) is 14.5. The van der Waals surface area contributed by atoms with E-state index in [0.717, 1.165) is 43.4 Å². The lowest BCUT2D eigenvalue weighted by molar-refractivity contribution is 0.171. The zero-order chi connectivity index (χ0) is 19.2. The molecule has 29 heavy (non-hydrogen) atoms. The number of rotatable bonds is 6. The molecule has 3 aromatic rings. The monoisotopic (exact) mass is 506 g/mol. The molecule has 0 spiro atoms. The van der Waals surface area contributed by atoms with Crippen molar-refractivity contribution in [1.29, 1.82) is 0 Å². The van der Waals surface area contributed by atoms with Gasteiger partial charge in [-0.2, -0.15) is 0 Å². The van der Waals surface area contributed by atoms with E-state index in [4.69, 9.17) is 9.47 Å². The molecule has 7 heteroatoms. The molecular formula is C22H27IN4O2. The van der Waals surface area contributed by atoms with Gasteiger partial charge in [0, 0.05) is 37.2 Å². The number of H-pyrrole nitrogens is 1. The lowest BCUT2D eigenvalue weighted by Crippen LogP contribution is -2.39. The minimum Gasteiger partial charge on any atom is -0.486 e. The zero-order valence-electron chi connectivity index (χ0n) is 16.5. The standard InChI is InChI=1S/C22H26N4O2.HI/c1-23-22(25-11-9-17-15-26-19-5-3-2-4-18(17)19)24-10-8-16-6-7-20-21(14-16)28-13-12-27-20;/h2-7,14-15,26H,8-13H2,1H3,(H2,23,24,25);1H. The van der Waals surface area contributed by atoms with Crippen LogP contribution in [0.25, 0.3) is 10.9 Å². The van der Waals surface area contributed by atoms with Crippen molar-refractivity contribution in [3.63, 3.8) is 0 Å². The molecular weight excluding hydrogens is 479 g/mol. The highest BCUT2D eigenvalue weighted by molar-refractivity contribution is 14.0. The summed E-state index contributed by atoms with van der Waals surface area (Å²) in [4.78, 5) is 7.63. The second-order valence-electron chi connectivity index (χ2n) is 6.76. The lowest BCUT2D eigenvalue weighted by atomic mass is 10.1. The van der Waals surface area contributed by atoms with Gasteiger partial charge in [0.05, 0.1) is 0 Å². The predicted octanol–water partition coefficient (Wildman–Crippen LogP) is 3.51. The van der Waals surface area contributed by atoms with Crippen LogP contribution in [0, 0.1) is 0 Å². The Balaban J connectivity index is 0.00000240. The molecule has 0 saturated carbocycles. The number of ether oxygens (including phenoxy) is 2. The molecule has 0 aliphatic carbocycles. The summed E-state index contributed by atoms with van der Waals surface area (Å²) in [6.45, 7) is 2.86. The Labute approximate surface area is 188 Å². The summed E-state index contributed by atoms with van der Waals surface area (Å²) in [6.07, 6.45) is 3.91. The maximum Gasteiger partial charge on any atom is 0.190 e. The largest absolute Gasteiger partial charge is 0.486 e. The smallest absolute Gasteiger partial charge is 0.190 e. The molecule has 0 atom stereocenters. The van der Waals surface area contributed by atoms with Gasteiger partial charge in [0.1, 0.15) is 13.2 Å². The van der Waals surface area contributed by atoms with Crippen molar-refractivity contribution in [3.05, 3.63) is 59.8 Å². The van der Waals surface area contributed by atoms with Crippen molar-refractivity contribution >= 4 is 40.8 Å². The number of nitrogens with one attached hydrogen (secondary N) is 3. The number of guanidine groups is 1. The first-order valence-electron chi connectivity index (χ1n) is 9.71. The van der Waals surface area contributed by atoms with Crippen LogP contribution in [0.5, 0.6) is 11.5 Å². The minimum absolute atomic E-state index is 0. The molecule has 3 N–H and O–H groups in total. The lowest BCUT2D eigenvalue weighted by Gasteiger charge is -2.19. The molecule has 0 bridgehead atoms. The van der Waals surface area contributed by atoms with Crippen molar-refractivity contribution in [3.8, 4) is 11.5 Å². The highest BCUT2D eigenvalue weighted by Crippen LogP contribution is 2.30. The number of halogens is 1. The quantitative estimate of drug-likeness (QED) is 0.272. The van der Waals surface area contributed by atoms with Crippen molar-refractivity contribution in [2.75, 3.05) is 33.4 Å². The zero-order valence-corrected chi connectivity index (χ0v) is 18.9. The topological polar surface area (TPSA) is 70.7 Å². The van der Waals surface area contributed by atoms with E-state index < -0.39 is 0 Å². The summed E-state index contributed by atoms with van der Waals surface area (Å²) in [5, 5.41) is 8.05. The summed E-state index contributed by atoms with van der Waals surface area (Å²) < 4.78 is 11.2. The number of hydrogen-bond donors (Lipinski definition) is 3. The number of hydrogen-bond acceptors (Lipinski definition) is 3. The molecule has 6 nitrogen and oxygen atoms in total. The number of para-hydroxylation sites is 1. The van der Waals surface area contributed by atoms with Gasteiger partial charge in [-0.15, -0.1) is 24.0 Å². The number of aromatic amines is 1. The number of fused-ring (bicyclic) bond motifs is 2. The van der Waals surface area contributed by atoms with Gasteiger partial charge in [0.25, 0.3) is 0 Å². The predicted molar refractivity (Wildman–Crippen MR) is 128 cm³/mol. The SMILES string of the molecule is CN=C(NCCc1ccc2c(c1)OCCO2)NCCc1c[nH]c2ccccc12.I. The van der Waals surface area contributed by atoms with E-state index in [1.54, 1.807) is 7.05 Å². The fourth-order valence-electron chi connectivity index (χ4n) is 3.44. The van der Waals surface area contributed by atoms with Crippen LogP contribution in [0.15, 0.2) is 53.7 Å². The summed E-state index contributed by atoms with van der Waals surface area (Å²) >= 11 is 0. The second-order valence-corrected chi connectivity index (χ2v) is 6.76. The normalized spacial score (nSPS) is 13.1. The number of nitrogens with zero attached hydrogens (tertiary/aromatic N) is 1. The first-order valence-corrected chi connectivity index (χ1v) is 9.71. The van der Waals surface area contributed by atoms with Gasteiger partial charge in [0.2, 0.25) is 0 Å². The molecule has 1 aromatic heterocycles. The third-order valence-corrected chi connectivity index (χ3v) is 4.90. The van der Waals surface area contributed by atoms with Crippen molar-refractivity contribution in [1.82, 2.24) is 15.6 Å². The van der Waals surface area contributed by atoms with E-state index in [-0.39, 0.29) is 24.0 Å².